The van der Waals surface area contributed by atoms with Gasteiger partial charge in [-0.25, -0.2) is 0 Å². The Labute approximate surface area is 168 Å². The molecule has 0 radical (unpaired) electrons. The molecular weight excluding hydrogens is 376 g/mol. The Hall–Kier alpha value is -2.64. The van der Waals surface area contributed by atoms with E-state index in [2.05, 4.69) is 25.2 Å². The van der Waals surface area contributed by atoms with Crippen LogP contribution in [0.2, 0.25) is 5.02 Å². The van der Waals surface area contributed by atoms with Crippen molar-refractivity contribution in [2.75, 3.05) is 42.9 Å². The van der Waals surface area contributed by atoms with Gasteiger partial charge in [-0.1, -0.05) is 11.6 Å². The minimum Gasteiger partial charge on any atom is -0.368 e. The van der Waals surface area contributed by atoms with Crippen molar-refractivity contribution >= 4 is 39.8 Å². The van der Waals surface area contributed by atoms with E-state index in [1.807, 2.05) is 44.4 Å². The maximum absolute atomic E-state index is 12.4. The number of fused-ring (bicyclic) bond motifs is 1. The number of halogens is 1. The van der Waals surface area contributed by atoms with Gasteiger partial charge in [-0.3, -0.25) is 19.4 Å². The average Bonchev–Trinajstić information content (AvgIpc) is 3.00. The molecule has 4 rings (SSSR count). The van der Waals surface area contributed by atoms with Crippen molar-refractivity contribution in [2.45, 2.75) is 6.92 Å². The summed E-state index contributed by atoms with van der Waals surface area (Å²) >= 11 is 6.09. The Kier molecular flexibility index (Phi) is 5.19. The van der Waals surface area contributed by atoms with Gasteiger partial charge in [-0.05, 0) is 31.2 Å². The molecule has 3 heterocycles. The fourth-order valence-corrected chi connectivity index (χ4v) is 3.71. The first-order valence-corrected chi connectivity index (χ1v) is 9.69. The number of pyridine rings is 1. The first-order valence-electron chi connectivity index (χ1n) is 9.31. The first kappa shape index (κ1) is 18.7. The Morgan fingerprint density at radius 1 is 1.21 bits per heavy atom. The maximum Gasteiger partial charge on any atom is 0.238 e. The summed E-state index contributed by atoms with van der Waals surface area (Å²) < 4.78 is 1.75. The van der Waals surface area contributed by atoms with E-state index >= 15 is 0 Å². The van der Waals surface area contributed by atoms with Crippen LogP contribution in [0.15, 0.2) is 36.7 Å². The van der Waals surface area contributed by atoms with E-state index in [9.17, 15) is 4.79 Å². The number of anilines is 2. The number of aromatic nitrogens is 3. The van der Waals surface area contributed by atoms with Crippen molar-refractivity contribution < 1.29 is 4.79 Å². The summed E-state index contributed by atoms with van der Waals surface area (Å²) in [5.41, 5.74) is 3.78. The Morgan fingerprint density at radius 3 is 2.71 bits per heavy atom. The van der Waals surface area contributed by atoms with Crippen LogP contribution in [0.25, 0.3) is 10.9 Å². The summed E-state index contributed by atoms with van der Waals surface area (Å²) in [6.07, 6.45) is 3.51. The van der Waals surface area contributed by atoms with E-state index in [-0.39, 0.29) is 5.91 Å². The largest absolute Gasteiger partial charge is 0.368 e. The van der Waals surface area contributed by atoms with E-state index < -0.39 is 0 Å². The number of amides is 1. The van der Waals surface area contributed by atoms with E-state index in [1.165, 1.54) is 0 Å². The third-order valence-corrected chi connectivity index (χ3v) is 5.51. The molecule has 0 spiro atoms. The van der Waals surface area contributed by atoms with Crippen LogP contribution in [-0.2, 0) is 11.8 Å². The molecule has 0 atom stereocenters. The number of piperazine rings is 1. The normalized spacial score (nSPS) is 15.2. The topological polar surface area (TPSA) is 66.3 Å². The minimum absolute atomic E-state index is 0.00597. The minimum atomic E-state index is -0.00597. The SMILES string of the molecule is Cc1c(NC(=O)CN2CCN(c3ccnc4cc(Cl)ccc34)CC2)cnn1C. The van der Waals surface area contributed by atoms with Gasteiger partial charge in [0.1, 0.15) is 0 Å². The van der Waals surface area contributed by atoms with E-state index in [4.69, 9.17) is 11.6 Å². The highest BCUT2D eigenvalue weighted by molar-refractivity contribution is 6.31. The lowest BCUT2D eigenvalue weighted by atomic mass is 10.1. The molecule has 0 aliphatic carbocycles. The molecule has 0 unspecified atom stereocenters. The maximum atomic E-state index is 12.4. The summed E-state index contributed by atoms with van der Waals surface area (Å²) in [5.74, 6) is -0.00597. The van der Waals surface area contributed by atoms with Gasteiger partial charge in [0.05, 0.1) is 29.6 Å². The van der Waals surface area contributed by atoms with Crippen molar-refractivity contribution in [1.82, 2.24) is 19.7 Å². The molecule has 1 aliphatic rings. The zero-order chi connectivity index (χ0) is 19.7. The molecule has 3 aromatic rings. The van der Waals surface area contributed by atoms with Crippen LogP contribution in [-0.4, -0.2) is 58.3 Å². The Balaban J connectivity index is 1.37. The van der Waals surface area contributed by atoms with E-state index in [0.29, 0.717) is 11.6 Å². The molecule has 28 heavy (non-hydrogen) atoms. The van der Waals surface area contributed by atoms with Crippen molar-refractivity contribution in [3.05, 3.63) is 47.4 Å². The number of rotatable bonds is 4. The van der Waals surface area contributed by atoms with Gasteiger partial charge in [-0.15, -0.1) is 0 Å². The zero-order valence-electron chi connectivity index (χ0n) is 16.0. The van der Waals surface area contributed by atoms with Gasteiger partial charge < -0.3 is 10.2 Å². The number of carbonyl (C=O) groups is 1. The van der Waals surface area contributed by atoms with Crippen molar-refractivity contribution in [2.24, 2.45) is 7.05 Å². The van der Waals surface area contributed by atoms with Gasteiger partial charge in [0.15, 0.2) is 0 Å². The zero-order valence-corrected chi connectivity index (χ0v) is 16.8. The van der Waals surface area contributed by atoms with Crippen LogP contribution in [0.4, 0.5) is 11.4 Å². The number of hydrogen-bond acceptors (Lipinski definition) is 5. The lowest BCUT2D eigenvalue weighted by Crippen LogP contribution is -2.48. The molecule has 2 aromatic heterocycles. The second-order valence-electron chi connectivity index (χ2n) is 7.07. The molecule has 1 amide bonds. The fourth-order valence-electron chi connectivity index (χ4n) is 3.54. The smallest absolute Gasteiger partial charge is 0.238 e. The second-order valence-corrected chi connectivity index (χ2v) is 7.51. The van der Waals surface area contributed by atoms with Crippen LogP contribution in [0.5, 0.6) is 0 Å². The standard InChI is InChI=1S/C20H23ClN6O/c1-14-18(12-23-25(14)2)24-20(28)13-26-7-9-27(10-8-26)19-5-6-22-17-11-15(21)3-4-16(17)19/h3-6,11-12H,7-10,13H2,1-2H3,(H,24,28). The average molecular weight is 399 g/mol. The van der Waals surface area contributed by atoms with Gasteiger partial charge in [0, 0.05) is 55.5 Å². The summed E-state index contributed by atoms with van der Waals surface area (Å²) in [7, 11) is 1.86. The van der Waals surface area contributed by atoms with E-state index in [1.54, 1.807) is 10.9 Å². The van der Waals surface area contributed by atoms with Gasteiger partial charge in [0.2, 0.25) is 5.91 Å². The van der Waals surface area contributed by atoms with Crippen LogP contribution in [0.1, 0.15) is 5.69 Å². The van der Waals surface area contributed by atoms with Crippen LogP contribution >= 0.6 is 11.6 Å². The second kappa shape index (κ2) is 7.77. The van der Waals surface area contributed by atoms with Gasteiger partial charge in [0.25, 0.3) is 0 Å². The highest BCUT2D eigenvalue weighted by atomic mass is 35.5. The molecule has 8 heteroatoms. The third-order valence-electron chi connectivity index (χ3n) is 5.27. The Bertz CT molecular complexity index is 1010. The predicted octanol–water partition coefficient (Wildman–Crippen LogP) is 2.69. The van der Waals surface area contributed by atoms with Crippen molar-refractivity contribution in [3.63, 3.8) is 0 Å². The molecule has 1 N–H and O–H groups in total. The highest BCUT2D eigenvalue weighted by Gasteiger charge is 2.21. The molecule has 1 aliphatic heterocycles. The predicted molar refractivity (Wildman–Crippen MR) is 112 cm³/mol. The van der Waals surface area contributed by atoms with Gasteiger partial charge >= 0.3 is 0 Å². The number of hydrogen-bond donors (Lipinski definition) is 1. The molecule has 7 nitrogen and oxygen atoms in total. The van der Waals surface area contributed by atoms with Crippen molar-refractivity contribution in [3.8, 4) is 0 Å². The monoisotopic (exact) mass is 398 g/mol. The molecular formula is C20H23ClN6O. The first-order chi connectivity index (χ1) is 13.5. The van der Waals surface area contributed by atoms with Crippen molar-refractivity contribution in [1.29, 1.82) is 0 Å². The number of aryl methyl sites for hydroxylation is 1. The van der Waals surface area contributed by atoms with Crippen LogP contribution < -0.4 is 10.2 Å². The van der Waals surface area contributed by atoms with E-state index in [0.717, 1.165) is 54.2 Å². The number of nitrogens with one attached hydrogen (secondary N) is 1. The fraction of sp³-hybridized carbons (Fsp3) is 0.350. The molecule has 1 fully saturated rings. The molecule has 146 valence electrons. The Morgan fingerprint density at radius 2 is 2.00 bits per heavy atom. The molecule has 0 saturated carbocycles. The lowest BCUT2D eigenvalue weighted by molar-refractivity contribution is -0.117. The number of carbonyl (C=O) groups excluding carboxylic acids is 1. The van der Waals surface area contributed by atoms with Gasteiger partial charge in [-0.2, -0.15) is 5.10 Å². The summed E-state index contributed by atoms with van der Waals surface area (Å²) in [6.45, 7) is 5.71. The van der Waals surface area contributed by atoms with Crippen LogP contribution in [0, 0.1) is 6.92 Å². The number of benzene rings is 1. The summed E-state index contributed by atoms with van der Waals surface area (Å²) in [5, 5.41) is 8.90. The highest BCUT2D eigenvalue weighted by Crippen LogP contribution is 2.28. The van der Waals surface area contributed by atoms with Crippen LogP contribution in [0.3, 0.4) is 0 Å². The molecule has 1 aromatic carbocycles. The lowest BCUT2D eigenvalue weighted by Gasteiger charge is -2.36. The summed E-state index contributed by atoms with van der Waals surface area (Å²) in [6, 6.07) is 7.86. The third kappa shape index (κ3) is 3.81. The molecule has 1 saturated heterocycles. The quantitative estimate of drug-likeness (QED) is 0.732. The summed E-state index contributed by atoms with van der Waals surface area (Å²) in [4.78, 5) is 21.3. The number of nitrogens with zero attached hydrogens (tertiary/aromatic N) is 5. The molecule has 0 bridgehead atoms.